The highest BCUT2D eigenvalue weighted by atomic mass is 16.5. The maximum Gasteiger partial charge on any atom is 0.238 e. The van der Waals surface area contributed by atoms with Crippen LogP contribution in [-0.2, 0) is 4.79 Å². The Labute approximate surface area is 174 Å². The van der Waals surface area contributed by atoms with Gasteiger partial charge < -0.3 is 15.0 Å². The number of carbonyl (C=O) groups excluding carboxylic acids is 1. The number of nitrogens with one attached hydrogen (secondary N) is 1. The summed E-state index contributed by atoms with van der Waals surface area (Å²) in [5, 5.41) is 3.00. The van der Waals surface area contributed by atoms with Crippen molar-refractivity contribution in [2.75, 3.05) is 43.0 Å². The summed E-state index contributed by atoms with van der Waals surface area (Å²) in [4.78, 5) is 17.1. The van der Waals surface area contributed by atoms with E-state index in [9.17, 15) is 4.79 Å². The minimum absolute atomic E-state index is 0.0286. The number of ether oxygens (including phenoxy) is 1. The van der Waals surface area contributed by atoms with Crippen LogP contribution in [0.2, 0.25) is 0 Å². The molecule has 3 rings (SSSR count). The third-order valence-electron chi connectivity index (χ3n) is 5.32. The van der Waals surface area contributed by atoms with Gasteiger partial charge in [0.2, 0.25) is 5.91 Å². The number of anilines is 2. The molecule has 1 aliphatic heterocycles. The van der Waals surface area contributed by atoms with Crippen LogP contribution in [0.15, 0.2) is 48.5 Å². The largest absolute Gasteiger partial charge is 0.494 e. The average molecular weight is 396 g/mol. The van der Waals surface area contributed by atoms with Crippen LogP contribution in [0.25, 0.3) is 0 Å². The highest BCUT2D eigenvalue weighted by molar-refractivity contribution is 5.92. The monoisotopic (exact) mass is 395 g/mol. The maximum absolute atomic E-state index is 12.5. The van der Waals surface area contributed by atoms with Crippen LogP contribution < -0.4 is 15.0 Å². The smallest absolute Gasteiger partial charge is 0.238 e. The van der Waals surface area contributed by atoms with Crippen molar-refractivity contribution in [1.82, 2.24) is 4.90 Å². The second-order valence-corrected chi connectivity index (χ2v) is 7.89. The Hall–Kier alpha value is -2.53. The SMILES string of the molecule is CCCCOc1ccc(NC(=O)CN2CCN(c3cccc(C)c3)[C@H](C)C2)cc1. The van der Waals surface area contributed by atoms with E-state index in [2.05, 4.69) is 60.2 Å². The van der Waals surface area contributed by atoms with Gasteiger partial charge in [-0.1, -0.05) is 25.5 Å². The molecule has 2 aromatic rings. The highest BCUT2D eigenvalue weighted by Crippen LogP contribution is 2.22. The van der Waals surface area contributed by atoms with Gasteiger partial charge in [0.05, 0.1) is 13.2 Å². The molecule has 0 spiro atoms. The first-order valence-electron chi connectivity index (χ1n) is 10.6. The second-order valence-electron chi connectivity index (χ2n) is 7.89. The number of aryl methyl sites for hydroxylation is 1. The predicted octanol–water partition coefficient (Wildman–Crippen LogP) is 4.32. The van der Waals surface area contributed by atoms with Crippen LogP contribution in [0, 0.1) is 6.92 Å². The molecule has 156 valence electrons. The molecule has 1 N–H and O–H groups in total. The van der Waals surface area contributed by atoms with Crippen molar-refractivity contribution in [2.45, 2.75) is 39.7 Å². The van der Waals surface area contributed by atoms with E-state index >= 15 is 0 Å². The number of benzene rings is 2. The van der Waals surface area contributed by atoms with Crippen LogP contribution in [0.3, 0.4) is 0 Å². The van der Waals surface area contributed by atoms with Crippen molar-refractivity contribution >= 4 is 17.3 Å². The van der Waals surface area contributed by atoms with Gasteiger partial charge in [-0.25, -0.2) is 0 Å². The molecule has 1 aliphatic rings. The molecule has 0 aliphatic carbocycles. The Morgan fingerprint density at radius 2 is 1.97 bits per heavy atom. The number of carbonyl (C=O) groups is 1. The maximum atomic E-state index is 12.5. The zero-order valence-electron chi connectivity index (χ0n) is 17.9. The molecule has 1 heterocycles. The lowest BCUT2D eigenvalue weighted by molar-refractivity contribution is -0.117. The van der Waals surface area contributed by atoms with Gasteiger partial charge in [-0.3, -0.25) is 9.69 Å². The fourth-order valence-electron chi connectivity index (χ4n) is 3.74. The van der Waals surface area contributed by atoms with Gasteiger partial charge in [0, 0.05) is 37.1 Å². The number of hydrogen-bond acceptors (Lipinski definition) is 4. The van der Waals surface area contributed by atoms with Crippen LogP contribution >= 0.6 is 0 Å². The van der Waals surface area contributed by atoms with Crippen LogP contribution in [0.5, 0.6) is 5.75 Å². The Kier molecular flexibility index (Phi) is 7.53. The van der Waals surface area contributed by atoms with Crippen LogP contribution in [0.4, 0.5) is 11.4 Å². The number of rotatable bonds is 8. The van der Waals surface area contributed by atoms with Gasteiger partial charge in [0.15, 0.2) is 0 Å². The molecule has 2 aromatic carbocycles. The number of piperazine rings is 1. The summed E-state index contributed by atoms with van der Waals surface area (Å²) in [6, 6.07) is 16.6. The first-order valence-corrected chi connectivity index (χ1v) is 10.6. The molecule has 1 fully saturated rings. The molecule has 0 aromatic heterocycles. The summed E-state index contributed by atoms with van der Waals surface area (Å²) in [6.45, 7) is 10.3. The Morgan fingerprint density at radius 1 is 1.17 bits per heavy atom. The third-order valence-corrected chi connectivity index (χ3v) is 5.32. The van der Waals surface area contributed by atoms with Crippen molar-refractivity contribution < 1.29 is 9.53 Å². The molecule has 1 atom stereocenters. The number of amides is 1. The Bertz CT molecular complexity index is 791. The van der Waals surface area contributed by atoms with E-state index in [1.165, 1.54) is 11.3 Å². The molecular weight excluding hydrogens is 362 g/mol. The summed E-state index contributed by atoms with van der Waals surface area (Å²) in [5.41, 5.74) is 3.35. The Morgan fingerprint density at radius 3 is 2.66 bits per heavy atom. The lowest BCUT2D eigenvalue weighted by Gasteiger charge is -2.41. The van der Waals surface area contributed by atoms with Crippen molar-refractivity contribution in [3.8, 4) is 5.75 Å². The predicted molar refractivity (Wildman–Crippen MR) is 120 cm³/mol. The number of nitrogens with zero attached hydrogens (tertiary/aromatic N) is 2. The molecule has 1 saturated heterocycles. The molecule has 5 nitrogen and oxygen atoms in total. The zero-order chi connectivity index (χ0) is 20.6. The number of hydrogen-bond donors (Lipinski definition) is 1. The van der Waals surface area contributed by atoms with Gasteiger partial charge >= 0.3 is 0 Å². The molecule has 1 amide bonds. The van der Waals surface area contributed by atoms with Gasteiger partial charge in [-0.2, -0.15) is 0 Å². The molecule has 5 heteroatoms. The van der Waals surface area contributed by atoms with E-state index in [1.54, 1.807) is 0 Å². The molecule has 0 bridgehead atoms. The van der Waals surface area contributed by atoms with Crippen molar-refractivity contribution in [3.05, 3.63) is 54.1 Å². The van der Waals surface area contributed by atoms with Gasteiger partial charge in [0.25, 0.3) is 0 Å². The van der Waals surface area contributed by atoms with E-state index in [1.807, 2.05) is 24.3 Å². The molecule has 0 radical (unpaired) electrons. The van der Waals surface area contributed by atoms with E-state index in [0.717, 1.165) is 50.5 Å². The first kappa shape index (κ1) is 21.2. The zero-order valence-corrected chi connectivity index (χ0v) is 17.9. The third kappa shape index (κ3) is 6.23. The quantitative estimate of drug-likeness (QED) is 0.676. The summed E-state index contributed by atoms with van der Waals surface area (Å²) in [7, 11) is 0. The van der Waals surface area contributed by atoms with Crippen LogP contribution in [-0.4, -0.2) is 49.6 Å². The summed E-state index contributed by atoms with van der Waals surface area (Å²) < 4.78 is 5.67. The molecular formula is C24H33N3O2. The van der Waals surface area contributed by atoms with E-state index in [4.69, 9.17) is 4.74 Å². The topological polar surface area (TPSA) is 44.8 Å². The lowest BCUT2D eigenvalue weighted by Crippen LogP contribution is -2.53. The normalized spacial score (nSPS) is 17.2. The second kappa shape index (κ2) is 10.3. The van der Waals surface area contributed by atoms with E-state index in [-0.39, 0.29) is 5.91 Å². The minimum atomic E-state index is 0.0286. The molecule has 29 heavy (non-hydrogen) atoms. The van der Waals surface area contributed by atoms with E-state index in [0.29, 0.717) is 12.6 Å². The summed E-state index contributed by atoms with van der Waals surface area (Å²) in [5.74, 6) is 0.874. The first-order chi connectivity index (χ1) is 14.0. The summed E-state index contributed by atoms with van der Waals surface area (Å²) >= 11 is 0. The highest BCUT2D eigenvalue weighted by Gasteiger charge is 2.25. The van der Waals surface area contributed by atoms with Crippen molar-refractivity contribution in [3.63, 3.8) is 0 Å². The van der Waals surface area contributed by atoms with Crippen LogP contribution in [0.1, 0.15) is 32.3 Å². The standard InChI is InChI=1S/C24H33N3O2/c1-4-5-15-29-23-11-9-21(10-12-23)25-24(28)18-26-13-14-27(20(3)17-26)22-8-6-7-19(2)16-22/h6-12,16,20H,4-5,13-15,17-18H2,1-3H3,(H,25,28)/t20-/m1/s1. The molecule has 0 unspecified atom stereocenters. The van der Waals surface area contributed by atoms with E-state index < -0.39 is 0 Å². The van der Waals surface area contributed by atoms with Crippen molar-refractivity contribution in [2.24, 2.45) is 0 Å². The number of unbranched alkanes of at least 4 members (excludes halogenated alkanes) is 1. The van der Waals surface area contributed by atoms with Gasteiger partial charge in [0.1, 0.15) is 5.75 Å². The van der Waals surface area contributed by atoms with Crippen molar-refractivity contribution in [1.29, 1.82) is 0 Å². The Balaban J connectivity index is 1.46. The molecule has 0 saturated carbocycles. The summed E-state index contributed by atoms with van der Waals surface area (Å²) in [6.07, 6.45) is 2.17. The fourth-order valence-corrected chi connectivity index (χ4v) is 3.74. The fraction of sp³-hybridized carbons (Fsp3) is 0.458. The minimum Gasteiger partial charge on any atom is -0.494 e. The van der Waals surface area contributed by atoms with Gasteiger partial charge in [-0.05, 0) is 62.2 Å². The average Bonchev–Trinajstić information content (AvgIpc) is 2.69. The van der Waals surface area contributed by atoms with Gasteiger partial charge in [-0.15, -0.1) is 0 Å². The lowest BCUT2D eigenvalue weighted by atomic mass is 10.1.